The third kappa shape index (κ3) is 5.75. The maximum atomic E-state index is 11.0. The van der Waals surface area contributed by atoms with Crippen molar-refractivity contribution in [3.63, 3.8) is 0 Å². The molecule has 0 aliphatic heterocycles. The van der Waals surface area contributed by atoms with Crippen LogP contribution in [0.1, 0.15) is 44.2 Å². The second kappa shape index (κ2) is 8.53. The Morgan fingerprint density at radius 2 is 1.95 bits per heavy atom. The number of nitrogens with two attached hydrogens (primary N) is 1. The molecule has 0 saturated carbocycles. The molecule has 0 aromatic heterocycles. The smallest absolute Gasteiger partial charge is 0.305 e. The second-order valence-corrected chi connectivity index (χ2v) is 4.43. The molecule has 0 bridgehead atoms. The van der Waals surface area contributed by atoms with Gasteiger partial charge in [0, 0.05) is 12.5 Å². The van der Waals surface area contributed by atoms with Gasteiger partial charge in [-0.2, -0.15) is 0 Å². The molecule has 1 aromatic rings. The van der Waals surface area contributed by atoms with Crippen LogP contribution in [-0.4, -0.2) is 19.7 Å². The zero-order valence-electron chi connectivity index (χ0n) is 11.7. The molecule has 1 aromatic carbocycles. The van der Waals surface area contributed by atoms with E-state index in [2.05, 4.69) is 4.74 Å². The topological polar surface area (TPSA) is 61.5 Å². The molecular weight excluding hydrogens is 242 g/mol. The fraction of sp³-hybridized carbons (Fsp3) is 0.533. The van der Waals surface area contributed by atoms with Crippen LogP contribution < -0.4 is 10.5 Å². The van der Waals surface area contributed by atoms with Crippen molar-refractivity contribution < 1.29 is 14.3 Å². The van der Waals surface area contributed by atoms with Gasteiger partial charge in [0.15, 0.2) is 0 Å². The average Bonchev–Trinajstić information content (AvgIpc) is 2.44. The number of esters is 1. The van der Waals surface area contributed by atoms with E-state index in [-0.39, 0.29) is 12.0 Å². The molecule has 4 heteroatoms. The highest BCUT2D eigenvalue weighted by atomic mass is 16.5. The zero-order chi connectivity index (χ0) is 14.1. The summed E-state index contributed by atoms with van der Waals surface area (Å²) >= 11 is 0. The van der Waals surface area contributed by atoms with E-state index >= 15 is 0 Å². The predicted molar refractivity (Wildman–Crippen MR) is 75.0 cm³/mol. The van der Waals surface area contributed by atoms with Gasteiger partial charge in [-0.25, -0.2) is 0 Å². The van der Waals surface area contributed by atoms with E-state index in [0.29, 0.717) is 13.0 Å². The number of carbonyl (C=O) groups is 1. The molecular formula is C15H23NO3. The standard InChI is InChI=1S/C15H23NO3/c1-3-19-13-10-8-12(9-11-13)14(16)6-4-5-7-15(17)18-2/h8-11,14H,3-7,16H2,1-2H3. The molecule has 19 heavy (non-hydrogen) atoms. The van der Waals surface area contributed by atoms with Gasteiger partial charge in [-0.1, -0.05) is 18.6 Å². The molecule has 1 rings (SSSR count). The first-order valence-electron chi connectivity index (χ1n) is 6.72. The van der Waals surface area contributed by atoms with Gasteiger partial charge in [0.25, 0.3) is 0 Å². The van der Waals surface area contributed by atoms with Crippen LogP contribution in [-0.2, 0) is 9.53 Å². The van der Waals surface area contributed by atoms with Crippen molar-refractivity contribution >= 4 is 5.97 Å². The Morgan fingerprint density at radius 1 is 1.26 bits per heavy atom. The van der Waals surface area contributed by atoms with Crippen LogP contribution in [0.15, 0.2) is 24.3 Å². The van der Waals surface area contributed by atoms with E-state index in [9.17, 15) is 4.79 Å². The van der Waals surface area contributed by atoms with Gasteiger partial charge in [0.1, 0.15) is 5.75 Å². The molecule has 4 nitrogen and oxygen atoms in total. The molecule has 0 aliphatic carbocycles. The highest BCUT2D eigenvalue weighted by Gasteiger charge is 2.07. The Morgan fingerprint density at radius 3 is 2.53 bits per heavy atom. The van der Waals surface area contributed by atoms with Crippen LogP contribution in [0.3, 0.4) is 0 Å². The molecule has 0 fully saturated rings. The van der Waals surface area contributed by atoms with Gasteiger partial charge in [-0.15, -0.1) is 0 Å². The Bertz CT molecular complexity index is 375. The number of ether oxygens (including phenoxy) is 2. The molecule has 106 valence electrons. The Labute approximate surface area is 114 Å². The number of benzene rings is 1. The third-order valence-electron chi connectivity index (χ3n) is 2.99. The van der Waals surface area contributed by atoms with E-state index in [1.807, 2.05) is 31.2 Å². The van der Waals surface area contributed by atoms with Gasteiger partial charge in [0.05, 0.1) is 13.7 Å². The van der Waals surface area contributed by atoms with Crippen molar-refractivity contribution in [1.29, 1.82) is 0 Å². The van der Waals surface area contributed by atoms with Crippen molar-refractivity contribution in [3.8, 4) is 5.75 Å². The van der Waals surface area contributed by atoms with Crippen LogP contribution in [0.5, 0.6) is 5.75 Å². The summed E-state index contributed by atoms with van der Waals surface area (Å²) in [5.74, 6) is 0.707. The fourth-order valence-electron chi connectivity index (χ4n) is 1.88. The van der Waals surface area contributed by atoms with Gasteiger partial charge in [-0.3, -0.25) is 4.79 Å². The fourth-order valence-corrected chi connectivity index (χ4v) is 1.88. The molecule has 2 N–H and O–H groups in total. The third-order valence-corrected chi connectivity index (χ3v) is 2.99. The first-order valence-corrected chi connectivity index (χ1v) is 6.72. The maximum Gasteiger partial charge on any atom is 0.305 e. The first kappa shape index (κ1) is 15.5. The minimum atomic E-state index is -0.158. The van der Waals surface area contributed by atoms with Crippen LogP contribution in [0.2, 0.25) is 0 Å². The average molecular weight is 265 g/mol. The van der Waals surface area contributed by atoms with Gasteiger partial charge in [0.2, 0.25) is 0 Å². The van der Waals surface area contributed by atoms with Crippen molar-refractivity contribution in [2.75, 3.05) is 13.7 Å². The van der Waals surface area contributed by atoms with Crippen LogP contribution >= 0.6 is 0 Å². The molecule has 0 radical (unpaired) electrons. The van der Waals surface area contributed by atoms with Crippen molar-refractivity contribution in [1.82, 2.24) is 0 Å². The molecule has 0 amide bonds. The summed E-state index contributed by atoms with van der Waals surface area (Å²) in [6.45, 7) is 2.62. The maximum absolute atomic E-state index is 11.0. The van der Waals surface area contributed by atoms with E-state index in [4.69, 9.17) is 10.5 Å². The first-order chi connectivity index (χ1) is 9.17. The van der Waals surface area contributed by atoms with Crippen molar-refractivity contribution in [3.05, 3.63) is 29.8 Å². The van der Waals surface area contributed by atoms with Crippen molar-refractivity contribution in [2.45, 2.75) is 38.6 Å². The van der Waals surface area contributed by atoms with Gasteiger partial charge >= 0.3 is 5.97 Å². The summed E-state index contributed by atoms with van der Waals surface area (Å²) in [5, 5.41) is 0. The Balaban J connectivity index is 2.32. The largest absolute Gasteiger partial charge is 0.494 e. The predicted octanol–water partition coefficient (Wildman–Crippen LogP) is 2.82. The van der Waals surface area contributed by atoms with Gasteiger partial charge in [-0.05, 0) is 37.5 Å². The number of methoxy groups -OCH3 is 1. The molecule has 0 saturated heterocycles. The second-order valence-electron chi connectivity index (χ2n) is 4.43. The lowest BCUT2D eigenvalue weighted by atomic mass is 10.0. The Hall–Kier alpha value is -1.55. The van der Waals surface area contributed by atoms with E-state index in [0.717, 1.165) is 30.6 Å². The number of rotatable bonds is 8. The summed E-state index contributed by atoms with van der Waals surface area (Å²) in [6, 6.07) is 7.87. The molecule has 0 spiro atoms. The minimum absolute atomic E-state index is 0.00771. The quantitative estimate of drug-likeness (QED) is 0.580. The highest BCUT2D eigenvalue weighted by molar-refractivity contribution is 5.68. The van der Waals surface area contributed by atoms with E-state index in [1.165, 1.54) is 7.11 Å². The lowest BCUT2D eigenvalue weighted by Gasteiger charge is -2.12. The van der Waals surface area contributed by atoms with Crippen LogP contribution in [0.25, 0.3) is 0 Å². The van der Waals surface area contributed by atoms with E-state index < -0.39 is 0 Å². The van der Waals surface area contributed by atoms with E-state index in [1.54, 1.807) is 0 Å². The SMILES string of the molecule is CCOc1ccc(C(N)CCCCC(=O)OC)cc1. The Kier molecular flexibility index (Phi) is 6.97. The summed E-state index contributed by atoms with van der Waals surface area (Å²) in [6.07, 6.45) is 3.07. The van der Waals surface area contributed by atoms with Crippen molar-refractivity contribution in [2.24, 2.45) is 5.73 Å². The highest BCUT2D eigenvalue weighted by Crippen LogP contribution is 2.20. The summed E-state index contributed by atoms with van der Waals surface area (Å²) in [5.41, 5.74) is 7.21. The molecule has 1 unspecified atom stereocenters. The molecule has 0 heterocycles. The summed E-state index contributed by atoms with van der Waals surface area (Å²) in [4.78, 5) is 11.0. The number of hydrogen-bond donors (Lipinski definition) is 1. The number of hydrogen-bond acceptors (Lipinski definition) is 4. The molecule has 0 aliphatic rings. The number of unbranched alkanes of at least 4 members (excludes halogenated alkanes) is 1. The van der Waals surface area contributed by atoms with Crippen LogP contribution in [0.4, 0.5) is 0 Å². The normalized spacial score (nSPS) is 11.9. The lowest BCUT2D eigenvalue weighted by molar-refractivity contribution is -0.140. The summed E-state index contributed by atoms with van der Waals surface area (Å²) < 4.78 is 9.98. The molecule has 1 atom stereocenters. The summed E-state index contributed by atoms with van der Waals surface area (Å²) in [7, 11) is 1.41. The monoisotopic (exact) mass is 265 g/mol. The lowest BCUT2D eigenvalue weighted by Crippen LogP contribution is -2.10. The van der Waals surface area contributed by atoms with Gasteiger partial charge < -0.3 is 15.2 Å². The van der Waals surface area contributed by atoms with Crippen LogP contribution in [0, 0.1) is 0 Å². The zero-order valence-corrected chi connectivity index (χ0v) is 11.7. The number of carbonyl (C=O) groups excluding carboxylic acids is 1. The minimum Gasteiger partial charge on any atom is -0.494 e.